The van der Waals surface area contributed by atoms with E-state index in [1.165, 1.54) is 12.8 Å². The predicted octanol–water partition coefficient (Wildman–Crippen LogP) is 4.43. The number of hydrogen-bond donors (Lipinski definition) is 2. The summed E-state index contributed by atoms with van der Waals surface area (Å²) in [6.45, 7) is 7.96. The molecule has 0 unspecified atom stereocenters. The average Bonchev–Trinajstić information content (AvgIpc) is 3.43. The Balaban J connectivity index is 1.64. The van der Waals surface area contributed by atoms with Crippen molar-refractivity contribution in [2.24, 2.45) is 5.10 Å². The van der Waals surface area contributed by atoms with Crippen molar-refractivity contribution in [3.63, 3.8) is 0 Å². The van der Waals surface area contributed by atoms with Gasteiger partial charge < -0.3 is 9.51 Å². The van der Waals surface area contributed by atoms with Crippen molar-refractivity contribution >= 4 is 22.4 Å². The third kappa shape index (κ3) is 2.51. The molecule has 30 heavy (non-hydrogen) atoms. The van der Waals surface area contributed by atoms with Gasteiger partial charge in [-0.1, -0.05) is 11.7 Å². The molecule has 7 heteroatoms. The lowest BCUT2D eigenvalue weighted by Gasteiger charge is -2.19. The lowest BCUT2D eigenvalue weighted by molar-refractivity contribution is 0.393. The molecule has 0 spiro atoms. The van der Waals surface area contributed by atoms with Crippen LogP contribution in [0.25, 0.3) is 27.9 Å². The fourth-order valence-corrected chi connectivity index (χ4v) is 4.20. The molecule has 148 valence electrons. The molecular formula is C23H20N6O. The van der Waals surface area contributed by atoms with Crippen molar-refractivity contribution in [2.75, 3.05) is 0 Å². The normalized spacial score (nSPS) is 15.8. The number of nitrogens with zero attached hydrogens (tertiary/aromatic N) is 4. The second-order valence-electron chi connectivity index (χ2n) is 7.99. The van der Waals surface area contributed by atoms with Crippen LogP contribution in [0.15, 0.2) is 46.8 Å². The first kappa shape index (κ1) is 17.1. The van der Waals surface area contributed by atoms with E-state index in [1.54, 1.807) is 6.20 Å². The van der Waals surface area contributed by atoms with Crippen LogP contribution in [-0.4, -0.2) is 25.8 Å². The summed E-state index contributed by atoms with van der Waals surface area (Å²) in [5.41, 5.74) is 12.3. The Labute approximate surface area is 172 Å². The first-order chi connectivity index (χ1) is 14.6. The maximum Gasteiger partial charge on any atom is 0.141 e. The maximum atomic E-state index is 5.43. The number of aryl methyl sites for hydroxylation is 2. The number of aromatic nitrogens is 4. The second-order valence-corrected chi connectivity index (χ2v) is 7.99. The third-order valence-corrected chi connectivity index (χ3v) is 5.85. The van der Waals surface area contributed by atoms with Gasteiger partial charge in [0, 0.05) is 40.6 Å². The Hall–Kier alpha value is -3.74. The van der Waals surface area contributed by atoms with Crippen LogP contribution in [0.3, 0.4) is 0 Å². The minimum atomic E-state index is 0.524. The quantitative estimate of drug-likeness (QED) is 0.534. The molecule has 2 N–H and O–H groups in total. The highest BCUT2D eigenvalue weighted by molar-refractivity contribution is 6.21. The summed E-state index contributed by atoms with van der Waals surface area (Å²) in [4.78, 5) is 12.8. The Morgan fingerprint density at radius 3 is 2.77 bits per heavy atom. The smallest absolute Gasteiger partial charge is 0.141 e. The van der Waals surface area contributed by atoms with Gasteiger partial charge in [0.05, 0.1) is 22.4 Å². The van der Waals surface area contributed by atoms with E-state index in [1.807, 2.05) is 26.1 Å². The fraction of sp³-hybridized carbons (Fsp3) is 0.217. The minimum absolute atomic E-state index is 0.524. The van der Waals surface area contributed by atoms with Crippen molar-refractivity contribution < 1.29 is 4.52 Å². The molecule has 0 bridgehead atoms. The van der Waals surface area contributed by atoms with Crippen LogP contribution in [-0.2, 0) is 0 Å². The maximum absolute atomic E-state index is 5.43. The summed E-state index contributed by atoms with van der Waals surface area (Å²) in [6, 6.07) is 6.24. The second kappa shape index (κ2) is 6.13. The van der Waals surface area contributed by atoms with Crippen LogP contribution in [0.4, 0.5) is 0 Å². The number of aromatic amines is 1. The molecule has 1 saturated carbocycles. The topological polar surface area (TPSA) is 92.0 Å². The van der Waals surface area contributed by atoms with E-state index in [4.69, 9.17) is 9.51 Å². The molecule has 1 fully saturated rings. The predicted molar refractivity (Wildman–Crippen MR) is 115 cm³/mol. The number of hydrazone groups is 1. The van der Waals surface area contributed by atoms with E-state index in [9.17, 15) is 0 Å². The van der Waals surface area contributed by atoms with Crippen molar-refractivity contribution in [2.45, 2.75) is 32.6 Å². The van der Waals surface area contributed by atoms with Crippen LogP contribution in [0, 0.1) is 13.8 Å². The fourth-order valence-electron chi connectivity index (χ4n) is 4.20. The van der Waals surface area contributed by atoms with E-state index in [-0.39, 0.29) is 0 Å². The number of fused-ring (bicyclic) bond motifs is 2. The van der Waals surface area contributed by atoms with Crippen molar-refractivity contribution in [1.82, 2.24) is 25.5 Å². The number of rotatable bonds is 3. The average molecular weight is 396 g/mol. The lowest BCUT2D eigenvalue weighted by Crippen LogP contribution is -2.20. The summed E-state index contributed by atoms with van der Waals surface area (Å²) in [6.07, 6.45) is 5.96. The lowest BCUT2D eigenvalue weighted by atomic mass is 9.93. The Bertz CT molecular complexity index is 1350. The van der Waals surface area contributed by atoms with E-state index >= 15 is 0 Å². The molecule has 3 aromatic heterocycles. The summed E-state index contributed by atoms with van der Waals surface area (Å²) in [5, 5.41) is 8.80. The summed E-state index contributed by atoms with van der Waals surface area (Å²) in [5.74, 6) is 2.36. The van der Waals surface area contributed by atoms with Gasteiger partial charge in [0.1, 0.15) is 17.3 Å². The molecule has 1 aliphatic carbocycles. The highest BCUT2D eigenvalue weighted by Crippen LogP contribution is 2.40. The summed E-state index contributed by atoms with van der Waals surface area (Å²) < 4.78 is 5.43. The molecule has 0 radical (unpaired) electrons. The number of H-pyrrole nitrogens is 1. The number of pyridine rings is 1. The van der Waals surface area contributed by atoms with Gasteiger partial charge in [-0.2, -0.15) is 5.10 Å². The molecule has 4 heterocycles. The van der Waals surface area contributed by atoms with Crippen molar-refractivity contribution in [3.8, 4) is 11.1 Å². The molecular weight excluding hydrogens is 376 g/mol. The van der Waals surface area contributed by atoms with E-state index in [2.05, 4.69) is 44.4 Å². The van der Waals surface area contributed by atoms with Crippen molar-refractivity contribution in [3.05, 3.63) is 71.1 Å². The van der Waals surface area contributed by atoms with Crippen molar-refractivity contribution in [1.29, 1.82) is 0 Å². The van der Waals surface area contributed by atoms with Gasteiger partial charge >= 0.3 is 0 Å². The zero-order chi connectivity index (χ0) is 20.4. The van der Waals surface area contributed by atoms with Crippen LogP contribution < -0.4 is 5.43 Å². The highest BCUT2D eigenvalue weighted by atomic mass is 16.5. The molecule has 0 amide bonds. The van der Waals surface area contributed by atoms with Crippen LogP contribution in [0.5, 0.6) is 0 Å². The van der Waals surface area contributed by atoms with Crippen LogP contribution in [0.1, 0.15) is 52.7 Å². The monoisotopic (exact) mass is 396 g/mol. The van der Waals surface area contributed by atoms with Gasteiger partial charge in [-0.25, -0.2) is 4.98 Å². The van der Waals surface area contributed by atoms with Gasteiger partial charge in [0.2, 0.25) is 0 Å². The molecule has 0 saturated heterocycles. The van der Waals surface area contributed by atoms with E-state index in [0.717, 1.165) is 67.5 Å². The van der Waals surface area contributed by atoms with Gasteiger partial charge in [-0.3, -0.25) is 10.4 Å². The van der Waals surface area contributed by atoms with Gasteiger partial charge in [-0.05, 0) is 50.5 Å². The zero-order valence-electron chi connectivity index (χ0n) is 16.8. The molecule has 6 rings (SSSR count). The number of benzene rings is 1. The molecule has 2 aliphatic rings. The molecule has 7 nitrogen and oxygen atoms in total. The Kier molecular flexibility index (Phi) is 3.50. The summed E-state index contributed by atoms with van der Waals surface area (Å²) in [7, 11) is 0. The van der Waals surface area contributed by atoms with Gasteiger partial charge in [0.15, 0.2) is 0 Å². The van der Waals surface area contributed by atoms with Crippen LogP contribution in [0.2, 0.25) is 0 Å². The van der Waals surface area contributed by atoms with E-state index in [0.29, 0.717) is 5.92 Å². The third-order valence-electron chi connectivity index (χ3n) is 5.85. The van der Waals surface area contributed by atoms with Gasteiger partial charge in [-0.15, -0.1) is 0 Å². The highest BCUT2D eigenvalue weighted by Gasteiger charge is 2.29. The first-order valence-electron chi connectivity index (χ1n) is 10.0. The SMILES string of the molecule is C=C1NN=C(c2cc(-c3c(C)noc3C)cc3[nH]c(C4CC4)nc23)c2ccncc21. The molecule has 1 aromatic carbocycles. The molecule has 0 atom stereocenters. The minimum Gasteiger partial charge on any atom is -0.361 e. The molecule has 4 aromatic rings. The zero-order valence-corrected chi connectivity index (χ0v) is 16.8. The number of imidazole rings is 1. The van der Waals surface area contributed by atoms with E-state index < -0.39 is 0 Å². The Morgan fingerprint density at radius 2 is 2.00 bits per heavy atom. The van der Waals surface area contributed by atoms with Crippen LogP contribution >= 0.6 is 0 Å². The summed E-state index contributed by atoms with van der Waals surface area (Å²) >= 11 is 0. The van der Waals surface area contributed by atoms with Gasteiger partial charge in [0.25, 0.3) is 0 Å². The Morgan fingerprint density at radius 1 is 1.13 bits per heavy atom. The number of nitrogens with one attached hydrogen (secondary N) is 2. The standard InChI is InChI=1S/C23H20N6O/c1-11-18-10-24-7-6-16(18)21(28-27-11)17-8-15(20-12(2)29-30-13(20)3)9-19-22(17)26-23(25-19)14-4-5-14/h6-10,14,27H,1,4-5H2,2-3H3,(H,25,26). The molecule has 1 aliphatic heterocycles. The number of hydrogen-bond acceptors (Lipinski definition) is 6. The first-order valence-corrected chi connectivity index (χ1v) is 10.0. The largest absolute Gasteiger partial charge is 0.361 e.